The van der Waals surface area contributed by atoms with Crippen LogP contribution in [0.4, 0.5) is 0 Å². The first-order valence-electron chi connectivity index (χ1n) is 7.66. The topological polar surface area (TPSA) is 44.8 Å². The SMILES string of the molecule is O=P(Oc1ccccc1)(Oc1ccccc1)OC1CC=CCC1. The molecule has 2 aromatic rings. The van der Waals surface area contributed by atoms with E-state index in [0.29, 0.717) is 17.9 Å². The van der Waals surface area contributed by atoms with Gasteiger partial charge in [0.15, 0.2) is 0 Å². The van der Waals surface area contributed by atoms with Crippen molar-refractivity contribution in [2.75, 3.05) is 0 Å². The van der Waals surface area contributed by atoms with Crippen LogP contribution in [-0.2, 0) is 9.09 Å². The van der Waals surface area contributed by atoms with Gasteiger partial charge in [0.05, 0.1) is 6.10 Å². The average molecular weight is 330 g/mol. The Hall–Kier alpha value is -2.03. The summed E-state index contributed by atoms with van der Waals surface area (Å²) in [6, 6.07) is 17.9. The summed E-state index contributed by atoms with van der Waals surface area (Å²) >= 11 is 0. The first-order valence-corrected chi connectivity index (χ1v) is 9.12. The molecule has 1 unspecified atom stereocenters. The highest BCUT2D eigenvalue weighted by atomic mass is 31.2. The number of rotatable bonds is 6. The lowest BCUT2D eigenvalue weighted by Gasteiger charge is -2.24. The standard InChI is InChI=1S/C18H19O4P/c19-23(20-16-10-4-1-5-11-16,21-17-12-6-2-7-13-17)22-18-14-8-3-9-15-18/h1-8,10-13,18H,9,14-15H2. The highest BCUT2D eigenvalue weighted by Crippen LogP contribution is 2.51. The van der Waals surface area contributed by atoms with E-state index < -0.39 is 7.82 Å². The highest BCUT2D eigenvalue weighted by molar-refractivity contribution is 7.49. The molecule has 1 aliphatic carbocycles. The van der Waals surface area contributed by atoms with Gasteiger partial charge in [-0.25, -0.2) is 4.57 Å². The molecule has 1 atom stereocenters. The van der Waals surface area contributed by atoms with E-state index in [1.54, 1.807) is 24.3 Å². The Kier molecular flexibility index (Phi) is 5.16. The predicted octanol–water partition coefficient (Wildman–Crippen LogP) is 5.38. The molecule has 0 aromatic heterocycles. The van der Waals surface area contributed by atoms with E-state index in [2.05, 4.69) is 6.08 Å². The molecule has 0 saturated carbocycles. The minimum absolute atomic E-state index is 0.168. The lowest BCUT2D eigenvalue weighted by Crippen LogP contribution is -2.17. The molecule has 5 heteroatoms. The lowest BCUT2D eigenvalue weighted by atomic mass is 10.1. The van der Waals surface area contributed by atoms with Gasteiger partial charge >= 0.3 is 7.82 Å². The molecular weight excluding hydrogens is 311 g/mol. The Morgan fingerprint density at radius 3 is 1.87 bits per heavy atom. The maximum absolute atomic E-state index is 13.1. The van der Waals surface area contributed by atoms with Crippen molar-refractivity contribution in [1.29, 1.82) is 0 Å². The van der Waals surface area contributed by atoms with Crippen LogP contribution in [-0.4, -0.2) is 6.10 Å². The molecule has 0 spiro atoms. The molecule has 2 aromatic carbocycles. The largest absolute Gasteiger partial charge is 0.587 e. The van der Waals surface area contributed by atoms with Crippen LogP contribution in [0.5, 0.6) is 11.5 Å². The molecule has 0 saturated heterocycles. The number of phosphoric ester groups is 1. The van der Waals surface area contributed by atoms with Gasteiger partial charge in [-0.15, -0.1) is 0 Å². The quantitative estimate of drug-likeness (QED) is 0.527. The fraction of sp³-hybridized carbons (Fsp3) is 0.222. The number of para-hydroxylation sites is 2. The van der Waals surface area contributed by atoms with Crippen LogP contribution in [0.3, 0.4) is 0 Å². The molecule has 1 aliphatic rings. The third kappa shape index (κ3) is 4.72. The molecule has 0 N–H and O–H groups in total. The van der Waals surface area contributed by atoms with Crippen molar-refractivity contribution in [2.45, 2.75) is 25.4 Å². The van der Waals surface area contributed by atoms with E-state index in [-0.39, 0.29) is 6.10 Å². The first kappa shape index (κ1) is 15.9. The van der Waals surface area contributed by atoms with E-state index in [1.165, 1.54) is 0 Å². The number of allylic oxidation sites excluding steroid dienone is 1. The molecule has 0 amide bonds. The molecule has 23 heavy (non-hydrogen) atoms. The molecule has 4 nitrogen and oxygen atoms in total. The van der Waals surface area contributed by atoms with Crippen LogP contribution in [0.15, 0.2) is 72.8 Å². The monoisotopic (exact) mass is 330 g/mol. The smallest absolute Gasteiger partial charge is 0.395 e. The van der Waals surface area contributed by atoms with Crippen LogP contribution in [0.1, 0.15) is 19.3 Å². The minimum Gasteiger partial charge on any atom is -0.395 e. The van der Waals surface area contributed by atoms with Crippen molar-refractivity contribution < 1.29 is 18.1 Å². The zero-order valence-electron chi connectivity index (χ0n) is 12.7. The van der Waals surface area contributed by atoms with Gasteiger partial charge in [-0.3, -0.25) is 4.52 Å². The van der Waals surface area contributed by atoms with Crippen LogP contribution in [0, 0.1) is 0 Å². The molecular formula is C18H19O4P. The second-order valence-electron chi connectivity index (χ2n) is 5.27. The van der Waals surface area contributed by atoms with Crippen molar-refractivity contribution in [2.24, 2.45) is 0 Å². The Morgan fingerprint density at radius 1 is 0.826 bits per heavy atom. The normalized spacial score (nSPS) is 17.7. The van der Waals surface area contributed by atoms with Crippen molar-refractivity contribution in [3.05, 3.63) is 72.8 Å². The van der Waals surface area contributed by atoms with E-state index in [0.717, 1.165) is 12.8 Å². The highest BCUT2D eigenvalue weighted by Gasteiger charge is 2.34. The Morgan fingerprint density at radius 2 is 1.39 bits per heavy atom. The first-order chi connectivity index (χ1) is 11.2. The summed E-state index contributed by atoms with van der Waals surface area (Å²) in [6.45, 7) is 0. The fourth-order valence-electron chi connectivity index (χ4n) is 2.33. The fourth-order valence-corrected chi connectivity index (χ4v) is 3.77. The van der Waals surface area contributed by atoms with Gasteiger partial charge < -0.3 is 9.05 Å². The molecule has 0 aliphatic heterocycles. The van der Waals surface area contributed by atoms with E-state index >= 15 is 0 Å². The summed E-state index contributed by atoms with van der Waals surface area (Å²) in [4.78, 5) is 0. The van der Waals surface area contributed by atoms with Crippen molar-refractivity contribution in [3.8, 4) is 11.5 Å². The molecule has 3 rings (SSSR count). The van der Waals surface area contributed by atoms with Crippen LogP contribution >= 0.6 is 7.82 Å². The Bertz CT molecular complexity index is 639. The maximum Gasteiger partial charge on any atom is 0.587 e. The zero-order valence-corrected chi connectivity index (χ0v) is 13.6. The molecule has 0 bridgehead atoms. The Balaban J connectivity index is 1.79. The summed E-state index contributed by atoms with van der Waals surface area (Å²) in [6.07, 6.45) is 6.38. The molecule has 0 fully saturated rings. The van der Waals surface area contributed by atoms with Gasteiger partial charge in [-0.2, -0.15) is 0 Å². The van der Waals surface area contributed by atoms with Gasteiger partial charge in [-0.1, -0.05) is 48.6 Å². The van der Waals surface area contributed by atoms with E-state index in [4.69, 9.17) is 13.6 Å². The number of phosphoric acid groups is 1. The lowest BCUT2D eigenvalue weighted by molar-refractivity contribution is 0.135. The molecule has 0 radical (unpaired) electrons. The second-order valence-corrected chi connectivity index (χ2v) is 6.74. The number of hydrogen-bond acceptors (Lipinski definition) is 4. The predicted molar refractivity (Wildman–Crippen MR) is 89.6 cm³/mol. The maximum atomic E-state index is 13.1. The summed E-state index contributed by atoms with van der Waals surface area (Å²) in [5, 5.41) is 0. The molecule has 120 valence electrons. The summed E-state index contributed by atoms with van der Waals surface area (Å²) < 4.78 is 30.1. The summed E-state index contributed by atoms with van der Waals surface area (Å²) in [7, 11) is -3.77. The van der Waals surface area contributed by atoms with Gasteiger partial charge in [0, 0.05) is 0 Å². The van der Waals surface area contributed by atoms with Crippen LogP contribution < -0.4 is 9.05 Å². The van der Waals surface area contributed by atoms with Crippen molar-refractivity contribution >= 4 is 7.82 Å². The summed E-state index contributed by atoms with van der Waals surface area (Å²) in [5.74, 6) is 0.913. The third-order valence-corrected chi connectivity index (χ3v) is 4.85. The van der Waals surface area contributed by atoms with E-state index in [9.17, 15) is 4.57 Å². The van der Waals surface area contributed by atoms with Crippen LogP contribution in [0.25, 0.3) is 0 Å². The average Bonchev–Trinajstić information content (AvgIpc) is 2.57. The number of hydrogen-bond donors (Lipinski definition) is 0. The van der Waals surface area contributed by atoms with Gasteiger partial charge in [-0.05, 0) is 43.5 Å². The van der Waals surface area contributed by atoms with Gasteiger partial charge in [0.2, 0.25) is 0 Å². The minimum atomic E-state index is -3.77. The Labute approximate surface area is 136 Å². The summed E-state index contributed by atoms with van der Waals surface area (Å²) in [5.41, 5.74) is 0. The van der Waals surface area contributed by atoms with Crippen molar-refractivity contribution in [3.63, 3.8) is 0 Å². The third-order valence-electron chi connectivity index (χ3n) is 3.42. The molecule has 0 heterocycles. The van der Waals surface area contributed by atoms with Gasteiger partial charge in [0.1, 0.15) is 11.5 Å². The van der Waals surface area contributed by atoms with Crippen LogP contribution in [0.2, 0.25) is 0 Å². The van der Waals surface area contributed by atoms with E-state index in [1.807, 2.05) is 42.5 Å². The zero-order chi connectivity index (χ0) is 16.0. The van der Waals surface area contributed by atoms with Gasteiger partial charge in [0.25, 0.3) is 0 Å². The number of benzene rings is 2. The second kappa shape index (κ2) is 7.49. The van der Waals surface area contributed by atoms with Crippen molar-refractivity contribution in [1.82, 2.24) is 0 Å².